The Morgan fingerprint density at radius 3 is 2.80 bits per heavy atom. The summed E-state index contributed by atoms with van der Waals surface area (Å²) in [5.41, 5.74) is 6.39. The van der Waals surface area contributed by atoms with Gasteiger partial charge >= 0.3 is 0 Å². The third-order valence-electron chi connectivity index (χ3n) is 1.99. The van der Waals surface area contributed by atoms with Crippen molar-refractivity contribution in [2.75, 3.05) is 6.54 Å². The van der Waals surface area contributed by atoms with Gasteiger partial charge in [-0.05, 0) is 29.9 Å². The van der Waals surface area contributed by atoms with E-state index in [0.717, 1.165) is 0 Å². The number of thiocarbonyl (C=S) groups is 1. The van der Waals surface area contributed by atoms with E-state index in [2.05, 4.69) is 22.4 Å². The third kappa shape index (κ3) is 3.20. The average molecular weight is 224 g/mol. The highest BCUT2D eigenvalue weighted by molar-refractivity contribution is 7.78. The molecule has 0 bridgehead atoms. The highest BCUT2D eigenvalue weighted by atomic mass is 32.1. The smallest absolute Gasteiger partial charge is 0.106 e. The standard InChI is InChI=1S/C10H12N2O2S/c11-5-9(13)10(14)7-2-1-3-8(4-7)12-6-15/h1-4,9-10,13-14H,5,11H2. The number of hydrogen-bond donors (Lipinski definition) is 3. The van der Waals surface area contributed by atoms with Crippen LogP contribution in [0, 0.1) is 0 Å². The minimum absolute atomic E-state index is 0.00181. The van der Waals surface area contributed by atoms with E-state index in [0.29, 0.717) is 11.3 Å². The molecule has 0 amide bonds. The summed E-state index contributed by atoms with van der Waals surface area (Å²) in [6.45, 7) is 0.00181. The van der Waals surface area contributed by atoms with Crippen LogP contribution < -0.4 is 5.73 Å². The fraction of sp³-hybridized carbons (Fsp3) is 0.300. The molecule has 0 spiro atoms. The first-order valence-corrected chi connectivity index (χ1v) is 4.84. The topological polar surface area (TPSA) is 78.8 Å². The summed E-state index contributed by atoms with van der Waals surface area (Å²) in [7, 11) is 0. The molecule has 2 unspecified atom stereocenters. The van der Waals surface area contributed by atoms with Crippen LogP contribution in [0.15, 0.2) is 29.3 Å². The second-order valence-electron chi connectivity index (χ2n) is 3.05. The van der Waals surface area contributed by atoms with Gasteiger partial charge < -0.3 is 15.9 Å². The predicted octanol–water partition coefficient (Wildman–Crippen LogP) is 0.774. The number of hydrogen-bond acceptors (Lipinski definition) is 5. The van der Waals surface area contributed by atoms with Gasteiger partial charge in [-0.25, -0.2) is 0 Å². The quantitative estimate of drug-likeness (QED) is 0.521. The maximum absolute atomic E-state index is 9.66. The van der Waals surface area contributed by atoms with Crippen molar-refractivity contribution in [1.82, 2.24) is 0 Å². The number of aliphatic hydroxyl groups excluding tert-OH is 2. The van der Waals surface area contributed by atoms with Gasteiger partial charge in [0.15, 0.2) is 0 Å². The number of isothiocyanates is 1. The van der Waals surface area contributed by atoms with E-state index in [4.69, 9.17) is 5.73 Å². The van der Waals surface area contributed by atoms with Gasteiger partial charge in [-0.2, -0.15) is 4.99 Å². The lowest BCUT2D eigenvalue weighted by atomic mass is 10.0. The minimum atomic E-state index is -1.00. The zero-order valence-electron chi connectivity index (χ0n) is 8.00. The van der Waals surface area contributed by atoms with E-state index in [1.54, 1.807) is 24.3 Å². The fourth-order valence-corrected chi connectivity index (χ4v) is 1.29. The summed E-state index contributed by atoms with van der Waals surface area (Å²) >= 11 is 4.47. The maximum Gasteiger partial charge on any atom is 0.106 e. The van der Waals surface area contributed by atoms with E-state index in [-0.39, 0.29) is 6.54 Å². The number of aliphatic imine (C=N–C) groups is 1. The maximum atomic E-state index is 9.66. The molecule has 0 saturated carbocycles. The normalized spacial score (nSPS) is 14.1. The Kier molecular flexibility index (Phi) is 4.55. The number of rotatable bonds is 4. The van der Waals surface area contributed by atoms with Crippen LogP contribution in [0.25, 0.3) is 0 Å². The molecule has 0 aliphatic rings. The van der Waals surface area contributed by atoms with Gasteiger partial charge in [0.1, 0.15) is 6.10 Å². The highest BCUT2D eigenvalue weighted by Gasteiger charge is 2.16. The van der Waals surface area contributed by atoms with Gasteiger partial charge in [-0.1, -0.05) is 12.1 Å². The zero-order chi connectivity index (χ0) is 11.3. The molecule has 0 aliphatic carbocycles. The second kappa shape index (κ2) is 5.70. The number of nitrogens with zero attached hydrogens (tertiary/aromatic N) is 1. The largest absolute Gasteiger partial charge is 0.389 e. The minimum Gasteiger partial charge on any atom is -0.389 e. The van der Waals surface area contributed by atoms with Crippen molar-refractivity contribution in [2.45, 2.75) is 12.2 Å². The first kappa shape index (κ1) is 12.0. The molecule has 1 rings (SSSR count). The monoisotopic (exact) mass is 224 g/mol. The van der Waals surface area contributed by atoms with E-state index in [9.17, 15) is 10.2 Å². The lowest BCUT2D eigenvalue weighted by molar-refractivity contribution is 0.0244. The van der Waals surface area contributed by atoms with Gasteiger partial charge in [-0.15, -0.1) is 0 Å². The molecule has 0 aliphatic heterocycles. The molecular formula is C10H12N2O2S. The Bertz CT molecular complexity index is 377. The molecular weight excluding hydrogens is 212 g/mol. The first-order valence-electron chi connectivity index (χ1n) is 4.43. The number of nitrogens with two attached hydrogens (primary N) is 1. The van der Waals surface area contributed by atoms with Crippen LogP contribution in [0.4, 0.5) is 5.69 Å². The van der Waals surface area contributed by atoms with Gasteiger partial charge in [0.2, 0.25) is 0 Å². The molecule has 2 atom stereocenters. The Hall–Kier alpha value is -1.10. The molecule has 5 heteroatoms. The van der Waals surface area contributed by atoms with Crippen molar-refractivity contribution in [1.29, 1.82) is 0 Å². The highest BCUT2D eigenvalue weighted by Crippen LogP contribution is 2.21. The van der Waals surface area contributed by atoms with Gasteiger partial charge in [-0.3, -0.25) is 0 Å². The zero-order valence-corrected chi connectivity index (χ0v) is 8.81. The Morgan fingerprint density at radius 2 is 2.20 bits per heavy atom. The summed E-state index contributed by atoms with van der Waals surface area (Å²) in [5, 5.41) is 21.3. The van der Waals surface area contributed by atoms with Crippen molar-refractivity contribution in [3.8, 4) is 0 Å². The van der Waals surface area contributed by atoms with Crippen LogP contribution >= 0.6 is 12.2 Å². The van der Waals surface area contributed by atoms with Crippen molar-refractivity contribution in [2.24, 2.45) is 10.7 Å². The summed E-state index contributed by atoms with van der Waals surface area (Å²) < 4.78 is 0. The SMILES string of the molecule is NCC(O)C(O)c1cccc(N=C=S)c1. The predicted molar refractivity (Wildman–Crippen MR) is 61.1 cm³/mol. The average Bonchev–Trinajstić information content (AvgIpc) is 2.28. The van der Waals surface area contributed by atoms with Crippen LogP contribution in [0.2, 0.25) is 0 Å². The lowest BCUT2D eigenvalue weighted by Crippen LogP contribution is -2.27. The molecule has 1 aromatic carbocycles. The molecule has 1 aromatic rings. The molecule has 0 radical (unpaired) electrons. The summed E-state index contributed by atoms with van der Waals surface area (Å²) in [6.07, 6.45) is -1.98. The van der Waals surface area contributed by atoms with Crippen molar-refractivity contribution in [3.05, 3.63) is 29.8 Å². The third-order valence-corrected chi connectivity index (χ3v) is 2.08. The van der Waals surface area contributed by atoms with E-state index in [1.165, 1.54) is 0 Å². The van der Waals surface area contributed by atoms with Gasteiger partial charge in [0, 0.05) is 6.54 Å². The van der Waals surface area contributed by atoms with E-state index in [1.807, 2.05) is 0 Å². The van der Waals surface area contributed by atoms with Crippen LogP contribution in [0.3, 0.4) is 0 Å². The summed E-state index contributed by atoms with van der Waals surface area (Å²) in [6, 6.07) is 6.76. The van der Waals surface area contributed by atoms with Gasteiger partial charge in [0.05, 0.1) is 17.0 Å². The van der Waals surface area contributed by atoms with Crippen molar-refractivity contribution in [3.63, 3.8) is 0 Å². The fourth-order valence-electron chi connectivity index (χ4n) is 1.18. The van der Waals surface area contributed by atoms with E-state index >= 15 is 0 Å². The van der Waals surface area contributed by atoms with Crippen LogP contribution in [-0.4, -0.2) is 28.0 Å². The van der Waals surface area contributed by atoms with Crippen molar-refractivity contribution >= 4 is 23.1 Å². The molecule has 0 heterocycles. The van der Waals surface area contributed by atoms with Crippen molar-refractivity contribution < 1.29 is 10.2 Å². The Labute approximate surface area is 93.1 Å². The van der Waals surface area contributed by atoms with Crippen LogP contribution in [-0.2, 0) is 0 Å². The Balaban J connectivity index is 2.94. The molecule has 0 fully saturated rings. The molecule has 80 valence electrons. The first-order chi connectivity index (χ1) is 7.19. The number of aliphatic hydroxyl groups is 2. The van der Waals surface area contributed by atoms with Gasteiger partial charge in [0.25, 0.3) is 0 Å². The summed E-state index contributed by atoms with van der Waals surface area (Å²) in [4.78, 5) is 3.78. The Morgan fingerprint density at radius 1 is 1.47 bits per heavy atom. The molecule has 0 saturated heterocycles. The summed E-state index contributed by atoms with van der Waals surface area (Å²) in [5.74, 6) is 0. The molecule has 4 N–H and O–H groups in total. The molecule has 4 nitrogen and oxygen atoms in total. The lowest BCUT2D eigenvalue weighted by Gasteiger charge is -2.16. The van der Waals surface area contributed by atoms with Crippen LogP contribution in [0.1, 0.15) is 11.7 Å². The number of benzene rings is 1. The van der Waals surface area contributed by atoms with Crippen LogP contribution in [0.5, 0.6) is 0 Å². The molecule has 15 heavy (non-hydrogen) atoms. The van der Waals surface area contributed by atoms with E-state index < -0.39 is 12.2 Å². The second-order valence-corrected chi connectivity index (χ2v) is 3.23. The molecule has 0 aromatic heterocycles.